The van der Waals surface area contributed by atoms with Gasteiger partial charge in [-0.3, -0.25) is 0 Å². The van der Waals surface area contributed by atoms with Gasteiger partial charge in [0.2, 0.25) is 0 Å². The molecule has 0 radical (unpaired) electrons. The van der Waals surface area contributed by atoms with Crippen LogP contribution in [0.25, 0.3) is 0 Å². The summed E-state index contributed by atoms with van der Waals surface area (Å²) in [5.41, 5.74) is 0.863. The van der Waals surface area contributed by atoms with Gasteiger partial charge in [-0.05, 0) is 37.6 Å². The Morgan fingerprint density at radius 2 is 2.28 bits per heavy atom. The molecule has 2 aromatic heterocycles. The van der Waals surface area contributed by atoms with Crippen LogP contribution < -0.4 is 5.32 Å². The summed E-state index contributed by atoms with van der Waals surface area (Å²) in [5.74, 6) is 0.0933. The van der Waals surface area contributed by atoms with Gasteiger partial charge in [0.15, 0.2) is 0 Å². The first-order chi connectivity index (χ1) is 8.59. The largest absolute Gasteiger partial charge is 0.478 e. The number of aryl methyl sites for hydroxylation is 1. The normalized spacial score (nSPS) is 12.1. The lowest BCUT2D eigenvalue weighted by Crippen LogP contribution is -2.13. The Hall–Kier alpha value is -2.30. The van der Waals surface area contributed by atoms with Crippen molar-refractivity contribution >= 4 is 11.8 Å². The van der Waals surface area contributed by atoms with Gasteiger partial charge in [-0.15, -0.1) is 0 Å². The van der Waals surface area contributed by atoms with E-state index in [4.69, 9.17) is 4.42 Å². The molecule has 1 unspecified atom stereocenters. The van der Waals surface area contributed by atoms with Crippen molar-refractivity contribution in [1.29, 1.82) is 0 Å². The van der Waals surface area contributed by atoms with Gasteiger partial charge in [0.05, 0.1) is 12.3 Å². The van der Waals surface area contributed by atoms with Gasteiger partial charge in [-0.1, -0.05) is 0 Å². The number of aromatic carboxylic acids is 1. The second-order valence-corrected chi connectivity index (χ2v) is 4.04. The van der Waals surface area contributed by atoms with E-state index < -0.39 is 5.97 Å². The summed E-state index contributed by atoms with van der Waals surface area (Å²) in [5, 5.41) is 12.2. The van der Waals surface area contributed by atoms with E-state index in [0.717, 1.165) is 5.76 Å². The zero-order valence-electron chi connectivity index (χ0n) is 10.2. The van der Waals surface area contributed by atoms with E-state index in [1.165, 1.54) is 0 Å². The Balaban J connectivity index is 2.29. The Kier molecular flexibility index (Phi) is 3.32. The molecule has 18 heavy (non-hydrogen) atoms. The molecule has 0 aromatic carbocycles. The van der Waals surface area contributed by atoms with Gasteiger partial charge < -0.3 is 14.8 Å². The minimum atomic E-state index is -0.991. The van der Waals surface area contributed by atoms with Crippen molar-refractivity contribution in [3.8, 4) is 0 Å². The molecule has 2 N–H and O–H groups in total. The van der Waals surface area contributed by atoms with Crippen LogP contribution in [0.3, 0.4) is 0 Å². The first-order valence-electron chi connectivity index (χ1n) is 5.58. The van der Waals surface area contributed by atoms with Gasteiger partial charge in [-0.2, -0.15) is 0 Å². The third-order valence-electron chi connectivity index (χ3n) is 2.70. The first-order valence-corrected chi connectivity index (χ1v) is 5.58. The molecule has 0 saturated carbocycles. The molecule has 5 nitrogen and oxygen atoms in total. The summed E-state index contributed by atoms with van der Waals surface area (Å²) >= 11 is 0. The van der Waals surface area contributed by atoms with E-state index in [1.54, 1.807) is 31.5 Å². The van der Waals surface area contributed by atoms with E-state index in [2.05, 4.69) is 10.3 Å². The fourth-order valence-corrected chi connectivity index (χ4v) is 1.75. The minimum absolute atomic E-state index is 0.146. The predicted molar refractivity (Wildman–Crippen MR) is 66.7 cm³/mol. The molecule has 1 atom stereocenters. The summed E-state index contributed by atoms with van der Waals surface area (Å²) in [7, 11) is 0. The number of pyridine rings is 1. The van der Waals surface area contributed by atoms with E-state index in [-0.39, 0.29) is 11.6 Å². The Morgan fingerprint density at radius 3 is 2.89 bits per heavy atom. The average molecular weight is 246 g/mol. The number of carboxylic acid groups (broad SMARTS) is 1. The SMILES string of the molecule is Cc1ccnc(NC(C)c2ccco2)c1C(=O)O. The smallest absolute Gasteiger partial charge is 0.339 e. The second-order valence-electron chi connectivity index (χ2n) is 4.04. The van der Waals surface area contributed by atoms with Gasteiger partial charge >= 0.3 is 5.97 Å². The van der Waals surface area contributed by atoms with E-state index >= 15 is 0 Å². The fraction of sp³-hybridized carbons (Fsp3) is 0.231. The number of anilines is 1. The molecule has 94 valence electrons. The number of hydrogen-bond donors (Lipinski definition) is 2. The predicted octanol–water partition coefficient (Wildman–Crippen LogP) is 2.85. The molecule has 5 heteroatoms. The van der Waals surface area contributed by atoms with Crippen molar-refractivity contribution in [2.75, 3.05) is 5.32 Å². The number of hydrogen-bond acceptors (Lipinski definition) is 4. The van der Waals surface area contributed by atoms with Crippen LogP contribution in [0.4, 0.5) is 5.82 Å². The maximum atomic E-state index is 11.2. The first kappa shape index (κ1) is 12.2. The highest BCUT2D eigenvalue weighted by Crippen LogP contribution is 2.22. The van der Waals surface area contributed by atoms with E-state index in [9.17, 15) is 9.90 Å². The standard InChI is InChI=1S/C13H14N2O3/c1-8-5-6-14-12(11(8)13(16)17)15-9(2)10-4-3-7-18-10/h3-7,9H,1-2H3,(H,14,15)(H,16,17). The lowest BCUT2D eigenvalue weighted by Gasteiger charge is -2.14. The molecule has 0 aliphatic heterocycles. The molecular weight excluding hydrogens is 232 g/mol. The highest BCUT2D eigenvalue weighted by Gasteiger charge is 2.17. The van der Waals surface area contributed by atoms with Crippen LogP contribution in [-0.2, 0) is 0 Å². The number of nitrogens with one attached hydrogen (secondary N) is 1. The van der Waals surface area contributed by atoms with Crippen molar-refractivity contribution < 1.29 is 14.3 Å². The summed E-state index contributed by atoms with van der Waals surface area (Å²) in [6.07, 6.45) is 3.16. The quantitative estimate of drug-likeness (QED) is 0.867. The van der Waals surface area contributed by atoms with Gasteiger partial charge in [0.25, 0.3) is 0 Å². The molecular formula is C13H14N2O3. The van der Waals surface area contributed by atoms with Crippen molar-refractivity contribution in [3.63, 3.8) is 0 Å². The van der Waals surface area contributed by atoms with Crippen LogP contribution in [0.2, 0.25) is 0 Å². The molecule has 0 spiro atoms. The second kappa shape index (κ2) is 4.91. The zero-order chi connectivity index (χ0) is 13.1. The highest BCUT2D eigenvalue weighted by molar-refractivity contribution is 5.94. The molecule has 0 bridgehead atoms. The van der Waals surface area contributed by atoms with Crippen LogP contribution in [0.1, 0.15) is 34.6 Å². The molecule has 0 fully saturated rings. The van der Waals surface area contributed by atoms with E-state index in [1.807, 2.05) is 13.0 Å². The number of aromatic nitrogens is 1. The topological polar surface area (TPSA) is 75.4 Å². The van der Waals surface area contributed by atoms with Gasteiger partial charge in [-0.25, -0.2) is 9.78 Å². The van der Waals surface area contributed by atoms with Crippen molar-refractivity contribution in [2.24, 2.45) is 0 Å². The van der Waals surface area contributed by atoms with E-state index in [0.29, 0.717) is 11.4 Å². The summed E-state index contributed by atoms with van der Waals surface area (Å²) in [6.45, 7) is 3.63. The monoisotopic (exact) mass is 246 g/mol. The Labute approximate surface area is 104 Å². The molecule has 2 aromatic rings. The molecule has 0 aliphatic carbocycles. The van der Waals surface area contributed by atoms with Crippen LogP contribution in [0.5, 0.6) is 0 Å². The number of furan rings is 1. The molecule has 2 heterocycles. The average Bonchev–Trinajstić information content (AvgIpc) is 2.81. The Morgan fingerprint density at radius 1 is 1.50 bits per heavy atom. The fourth-order valence-electron chi connectivity index (χ4n) is 1.75. The van der Waals surface area contributed by atoms with Crippen LogP contribution in [0, 0.1) is 6.92 Å². The van der Waals surface area contributed by atoms with Crippen molar-refractivity contribution in [3.05, 3.63) is 47.5 Å². The molecule has 0 amide bonds. The minimum Gasteiger partial charge on any atom is -0.478 e. The number of carbonyl (C=O) groups is 1. The zero-order valence-corrected chi connectivity index (χ0v) is 10.2. The van der Waals surface area contributed by atoms with Crippen LogP contribution in [-0.4, -0.2) is 16.1 Å². The number of nitrogens with zero attached hydrogens (tertiary/aromatic N) is 1. The molecule has 0 aliphatic rings. The summed E-state index contributed by atoms with van der Waals surface area (Å²) < 4.78 is 5.26. The number of carboxylic acids is 1. The third-order valence-corrected chi connectivity index (χ3v) is 2.70. The van der Waals surface area contributed by atoms with Gasteiger partial charge in [0.1, 0.15) is 17.1 Å². The Bertz CT molecular complexity index is 549. The van der Waals surface area contributed by atoms with Crippen molar-refractivity contribution in [2.45, 2.75) is 19.9 Å². The lowest BCUT2D eigenvalue weighted by atomic mass is 10.1. The third kappa shape index (κ3) is 2.34. The molecule has 0 saturated heterocycles. The van der Waals surface area contributed by atoms with Crippen LogP contribution >= 0.6 is 0 Å². The molecule has 2 rings (SSSR count). The van der Waals surface area contributed by atoms with Crippen LogP contribution in [0.15, 0.2) is 35.1 Å². The number of rotatable bonds is 4. The van der Waals surface area contributed by atoms with Crippen molar-refractivity contribution in [1.82, 2.24) is 4.98 Å². The van der Waals surface area contributed by atoms with Gasteiger partial charge in [0, 0.05) is 6.20 Å². The maximum absolute atomic E-state index is 11.2. The lowest BCUT2D eigenvalue weighted by molar-refractivity contribution is 0.0696. The summed E-state index contributed by atoms with van der Waals surface area (Å²) in [4.78, 5) is 15.3. The summed E-state index contributed by atoms with van der Waals surface area (Å²) in [6, 6.07) is 5.14. The maximum Gasteiger partial charge on any atom is 0.339 e. The highest BCUT2D eigenvalue weighted by atomic mass is 16.4.